The van der Waals surface area contributed by atoms with Gasteiger partial charge in [0.05, 0.1) is 37.6 Å². The van der Waals surface area contributed by atoms with Gasteiger partial charge < -0.3 is 68.9 Å². The molecule has 0 radical (unpaired) electrons. The quantitative estimate of drug-likeness (QED) is 0.0589. The number of rotatable bonds is 23. The molecule has 98 heavy (non-hydrogen) atoms. The Bertz CT molecular complexity index is 3340. The Kier molecular flexibility index (Phi) is 25.4. The number of piperazine rings is 2. The van der Waals surface area contributed by atoms with E-state index in [-0.39, 0.29) is 149 Å². The molecule has 0 unspecified atom stereocenters. The zero-order valence-electron chi connectivity index (χ0n) is 58.9. The van der Waals surface area contributed by atoms with Gasteiger partial charge in [0.15, 0.2) is 0 Å². The summed E-state index contributed by atoms with van der Waals surface area (Å²) in [5.41, 5.74) is -0.662. The summed E-state index contributed by atoms with van der Waals surface area (Å²) in [5, 5.41) is 12.0. The predicted molar refractivity (Wildman–Crippen MR) is 361 cm³/mol. The zero-order valence-corrected chi connectivity index (χ0v) is 58.9. The lowest BCUT2D eigenvalue weighted by Crippen LogP contribution is -2.60. The monoisotopic (exact) mass is 1370 g/mol. The van der Waals surface area contributed by atoms with Crippen LogP contribution in [0, 0.1) is 23.5 Å². The van der Waals surface area contributed by atoms with Gasteiger partial charge in [-0.15, -0.1) is 0 Å². The zero-order chi connectivity index (χ0) is 71.5. The number of halogens is 2. The molecule has 0 spiro atoms. The molecule has 28 heteroatoms. The van der Waals surface area contributed by atoms with E-state index in [0.29, 0.717) is 11.0 Å². The summed E-state index contributed by atoms with van der Waals surface area (Å²) in [4.78, 5) is 148. The lowest BCUT2D eigenvalue weighted by molar-refractivity contribution is -0.140. The van der Waals surface area contributed by atoms with E-state index in [1.807, 2.05) is 0 Å². The number of carbonyl (C=O) groups is 10. The second-order valence-electron chi connectivity index (χ2n) is 28.2. The number of aryl methyl sites for hydroxylation is 2. The van der Waals surface area contributed by atoms with Crippen molar-refractivity contribution in [3.8, 4) is 0 Å². The third kappa shape index (κ3) is 18.5. The SMILES string of the molecule is C[C@@H](C(=O)N[C@H](C(=O)N1CCN(C(=O)c2c(C(=O)NCCOCCOCCNC(=O)c3c(C(=O)N4CCN(C(=O)[C@@H](NC(=O)[C@H](C)N(C)C(=O)OC(C)(C)C)C5CCCCC5)CC4)n(C)c4ccc(F)cc34)c3cc(F)ccc3n2C)CC1)C1CCCCC1)N(C)C(=O)OC(C)(C)C. The number of hydrogen-bond donors (Lipinski definition) is 4. The molecule has 2 saturated carbocycles. The van der Waals surface area contributed by atoms with Crippen molar-refractivity contribution in [1.29, 1.82) is 0 Å². The maximum absolute atomic E-state index is 14.9. The minimum Gasteiger partial charge on any atom is -0.444 e. The number of benzene rings is 2. The smallest absolute Gasteiger partial charge is 0.410 e. The number of hydrogen-bond acceptors (Lipinski definition) is 14. The highest BCUT2D eigenvalue weighted by Crippen LogP contribution is 2.33. The van der Waals surface area contributed by atoms with Crippen LogP contribution in [0.2, 0.25) is 0 Å². The predicted octanol–water partition coefficient (Wildman–Crippen LogP) is 6.35. The number of aromatic nitrogens is 2. The molecule has 10 amide bonds. The van der Waals surface area contributed by atoms with Gasteiger partial charge in [0.25, 0.3) is 23.6 Å². The highest BCUT2D eigenvalue weighted by atomic mass is 19.1. The van der Waals surface area contributed by atoms with Crippen LogP contribution >= 0.6 is 0 Å². The molecule has 2 aliphatic carbocycles. The number of amides is 10. The van der Waals surface area contributed by atoms with Crippen molar-refractivity contribution in [2.45, 2.75) is 155 Å². The number of fused-ring (bicyclic) bond motifs is 2. The maximum Gasteiger partial charge on any atom is 0.410 e. The number of carbonyl (C=O) groups excluding carboxylic acids is 10. The van der Waals surface area contributed by atoms with Gasteiger partial charge in [0, 0.05) is 115 Å². The molecular formula is C70H100F2N12O14. The van der Waals surface area contributed by atoms with Crippen LogP contribution in [0.4, 0.5) is 18.4 Å². The van der Waals surface area contributed by atoms with Gasteiger partial charge in [-0.1, -0.05) is 38.5 Å². The van der Waals surface area contributed by atoms with Crippen LogP contribution in [0.1, 0.15) is 161 Å². The van der Waals surface area contributed by atoms with Crippen LogP contribution in [0.15, 0.2) is 36.4 Å². The molecule has 26 nitrogen and oxygen atoms in total. The minimum absolute atomic E-state index is 0.00226. The third-order valence-electron chi connectivity index (χ3n) is 19.0. The Morgan fingerprint density at radius 2 is 0.827 bits per heavy atom. The van der Waals surface area contributed by atoms with Crippen LogP contribution in [-0.2, 0) is 52.2 Å². The number of likely N-dealkylation sites (N-methyl/N-ethyl adjacent to an activating group) is 2. The molecule has 0 bridgehead atoms. The molecule has 4 N–H and O–H groups in total. The first-order valence-corrected chi connectivity index (χ1v) is 34.3. The van der Waals surface area contributed by atoms with Crippen LogP contribution in [0.25, 0.3) is 21.8 Å². The number of nitrogens with one attached hydrogen (secondary N) is 4. The van der Waals surface area contributed by atoms with Gasteiger partial charge in [0.1, 0.15) is 58.4 Å². The molecule has 2 aliphatic heterocycles. The van der Waals surface area contributed by atoms with E-state index in [9.17, 15) is 56.7 Å². The van der Waals surface area contributed by atoms with Gasteiger partial charge in [-0.05, 0) is 129 Å². The molecule has 4 atom stereocenters. The van der Waals surface area contributed by atoms with Crippen molar-refractivity contribution in [3.63, 3.8) is 0 Å². The minimum atomic E-state index is -0.938. The Morgan fingerprint density at radius 3 is 1.15 bits per heavy atom. The maximum atomic E-state index is 14.9. The molecule has 2 aromatic heterocycles. The van der Waals surface area contributed by atoms with Crippen molar-refractivity contribution in [2.24, 2.45) is 25.9 Å². The van der Waals surface area contributed by atoms with Gasteiger partial charge in [-0.3, -0.25) is 48.2 Å². The Hall–Kier alpha value is -8.40. The summed E-state index contributed by atoms with van der Waals surface area (Å²) in [6.45, 7) is 14.8. The fraction of sp³-hybridized carbons (Fsp3) is 0.629. The second-order valence-corrected chi connectivity index (χ2v) is 28.2. The lowest BCUT2D eigenvalue weighted by Gasteiger charge is -2.39. The highest BCUT2D eigenvalue weighted by molar-refractivity contribution is 6.17. The Morgan fingerprint density at radius 1 is 0.500 bits per heavy atom. The summed E-state index contributed by atoms with van der Waals surface area (Å²) in [6.07, 6.45) is 7.25. The van der Waals surface area contributed by atoms with Crippen LogP contribution in [-0.4, -0.2) is 239 Å². The van der Waals surface area contributed by atoms with E-state index < -0.39 is 94.6 Å². The molecule has 2 aromatic carbocycles. The molecule has 8 rings (SSSR count). The Balaban J connectivity index is 0.810. The number of ether oxygens (including phenoxy) is 4. The fourth-order valence-electron chi connectivity index (χ4n) is 13.3. The van der Waals surface area contributed by atoms with E-state index in [4.69, 9.17) is 18.9 Å². The van der Waals surface area contributed by atoms with Crippen molar-refractivity contribution in [1.82, 2.24) is 59.8 Å². The average molecular weight is 1370 g/mol. The summed E-state index contributed by atoms with van der Waals surface area (Å²) in [5.74, 6) is -5.29. The van der Waals surface area contributed by atoms with E-state index in [1.165, 1.54) is 60.3 Å². The highest BCUT2D eigenvalue weighted by Gasteiger charge is 2.42. The van der Waals surface area contributed by atoms with Crippen LogP contribution in [0.3, 0.4) is 0 Å². The van der Waals surface area contributed by atoms with Gasteiger partial charge in [0.2, 0.25) is 23.6 Å². The molecule has 2 saturated heterocycles. The van der Waals surface area contributed by atoms with E-state index in [0.717, 1.165) is 64.2 Å². The molecule has 4 aliphatic rings. The largest absolute Gasteiger partial charge is 0.444 e. The van der Waals surface area contributed by atoms with Crippen LogP contribution in [0.5, 0.6) is 0 Å². The van der Waals surface area contributed by atoms with Crippen molar-refractivity contribution >= 4 is 81.2 Å². The normalized spacial score (nSPS) is 17.2. The summed E-state index contributed by atoms with van der Waals surface area (Å²) in [7, 11) is 6.19. The lowest BCUT2D eigenvalue weighted by atomic mass is 9.83. The van der Waals surface area contributed by atoms with Crippen molar-refractivity contribution in [2.75, 3.05) is 106 Å². The molecular weight excluding hydrogens is 1270 g/mol. The average Bonchev–Trinajstić information content (AvgIpc) is 1.48. The van der Waals surface area contributed by atoms with Gasteiger partial charge in [-0.2, -0.15) is 0 Å². The van der Waals surface area contributed by atoms with Gasteiger partial charge >= 0.3 is 12.2 Å². The summed E-state index contributed by atoms with van der Waals surface area (Å²) < 4.78 is 55.3. The van der Waals surface area contributed by atoms with Crippen LogP contribution < -0.4 is 21.3 Å². The van der Waals surface area contributed by atoms with Crippen molar-refractivity contribution < 1.29 is 75.7 Å². The summed E-state index contributed by atoms with van der Waals surface area (Å²) >= 11 is 0. The topological polar surface area (TPSA) is 285 Å². The van der Waals surface area contributed by atoms with E-state index >= 15 is 0 Å². The third-order valence-corrected chi connectivity index (χ3v) is 19.0. The summed E-state index contributed by atoms with van der Waals surface area (Å²) in [6, 6.07) is 4.29. The Labute approximate surface area is 572 Å². The van der Waals surface area contributed by atoms with E-state index in [1.54, 1.807) is 98.2 Å². The van der Waals surface area contributed by atoms with E-state index in [2.05, 4.69) is 21.3 Å². The first kappa shape index (κ1) is 75.4. The second kappa shape index (κ2) is 33.0. The van der Waals surface area contributed by atoms with Gasteiger partial charge in [-0.25, -0.2) is 18.4 Å². The first-order chi connectivity index (χ1) is 46.4. The molecule has 4 fully saturated rings. The standard InChI is InChI=1S/C70H100F2N12O14/c1-43(77(9)67(93)97-69(3,4)5)59(85)75-55(45-19-15-13-16-20-45)63(89)81-29-33-83(34-30-81)65(91)57-53(49-41-47(71)23-25-51(49)79(57)11)61(87)73-27-37-95-39-40-96-38-28-74-62(88)54-50-42-48(72)24-26-52(50)80(12)58(54)66(92)84-35-31-82(32-36-84)64(90)56(46-21-17-14-18-22-46)76-60(86)44(2)78(10)68(94)98-70(6,7)8/h23-26,41-46,55-56H,13-22,27-40H2,1-12H3,(H,73,87)(H,74,88)(H,75,85)(H,76,86)/t43-,44-,55-,56-/m0/s1. The first-order valence-electron chi connectivity index (χ1n) is 34.3. The van der Waals surface area contributed by atoms with Crippen molar-refractivity contribution in [3.05, 3.63) is 70.5 Å². The molecule has 4 aromatic rings. The molecule has 538 valence electrons. The number of nitrogens with zero attached hydrogens (tertiary/aromatic N) is 8. The molecule has 4 heterocycles. The fourth-order valence-corrected chi connectivity index (χ4v) is 13.3.